The number of carbonyl (C=O) groups excluding carboxylic acids is 1. The monoisotopic (exact) mass is 926 g/mol. The van der Waals surface area contributed by atoms with E-state index in [9.17, 15) is 45.6 Å². The summed E-state index contributed by atoms with van der Waals surface area (Å²) in [6.07, 6.45) is 27.2. The number of aliphatic hydroxyl groups is 8. The Morgan fingerprint density at radius 2 is 1.05 bits per heavy atom. The van der Waals surface area contributed by atoms with Gasteiger partial charge in [-0.25, -0.2) is 0 Å². The van der Waals surface area contributed by atoms with E-state index in [1.54, 1.807) is 6.08 Å². The molecule has 65 heavy (non-hydrogen) atoms. The molecular weight excluding hydrogens is 835 g/mol. The fraction of sp³-hybridized carbons (Fsp3) is 0.824. The topological polar surface area (TPSA) is 228 Å². The molecule has 0 radical (unpaired) electrons. The summed E-state index contributed by atoms with van der Waals surface area (Å²) in [4.78, 5) is 13.1. The van der Waals surface area contributed by atoms with Crippen LogP contribution in [0.25, 0.3) is 0 Å². The van der Waals surface area contributed by atoms with Gasteiger partial charge in [0.1, 0.15) is 48.8 Å². The minimum Gasteiger partial charge on any atom is -0.394 e. The van der Waals surface area contributed by atoms with Crippen molar-refractivity contribution in [2.75, 3.05) is 19.8 Å². The minimum atomic E-state index is -1.79. The molecule has 0 bridgehead atoms. The van der Waals surface area contributed by atoms with Gasteiger partial charge >= 0.3 is 0 Å². The molecule has 2 heterocycles. The number of nitrogens with one attached hydrogen (secondary N) is 1. The highest BCUT2D eigenvalue weighted by molar-refractivity contribution is 5.76. The van der Waals surface area contributed by atoms with E-state index in [0.717, 1.165) is 57.8 Å². The first-order valence-electron chi connectivity index (χ1n) is 25.4. The quantitative estimate of drug-likeness (QED) is 0.0239. The van der Waals surface area contributed by atoms with Gasteiger partial charge < -0.3 is 65.1 Å². The first kappa shape index (κ1) is 59.1. The molecule has 2 saturated heterocycles. The SMILES string of the molecule is CCCC/C=C\C/C=C\CCCCCCCC(=O)NC(COC1OC(CO)C(OC2OC(CO)C(O)C(O)C2O)C(O)C1O)C(O)/C=C/CC/C=C/CCCCCCCCCCCCC. The Balaban J connectivity index is 1.88. The third kappa shape index (κ3) is 25.2. The fourth-order valence-corrected chi connectivity index (χ4v) is 8.03. The maximum absolute atomic E-state index is 13.1. The van der Waals surface area contributed by atoms with E-state index in [-0.39, 0.29) is 18.9 Å². The predicted molar refractivity (Wildman–Crippen MR) is 254 cm³/mol. The van der Waals surface area contributed by atoms with Crippen LogP contribution in [0, 0.1) is 0 Å². The van der Waals surface area contributed by atoms with Crippen LogP contribution < -0.4 is 5.32 Å². The van der Waals surface area contributed by atoms with Crippen molar-refractivity contribution in [2.45, 2.75) is 248 Å². The standard InChI is InChI=1S/C51H91NO13/c1-3-5-7-9-11-13-15-17-19-20-21-22-24-26-28-30-32-34-40(55)39(52-43(56)35-33-31-29-27-25-23-18-16-14-12-10-8-6-4-2)38-62-50-48(61)46(59)49(42(37-54)64-50)65-51-47(60)45(58)44(57)41(36-53)63-51/h10,12,16,18,24,26,32,34,39-42,44-51,53-55,57-61H,3-9,11,13-15,17,19-23,25,27-31,33,35-38H2,1-2H3,(H,52,56)/b12-10-,18-16-,26-24+,34-32+. The highest BCUT2D eigenvalue weighted by atomic mass is 16.7. The Morgan fingerprint density at radius 3 is 1.65 bits per heavy atom. The summed E-state index contributed by atoms with van der Waals surface area (Å²) in [6.45, 7) is 2.70. The molecule has 2 aliphatic rings. The number of carbonyl (C=O) groups is 1. The second-order valence-corrected chi connectivity index (χ2v) is 17.9. The van der Waals surface area contributed by atoms with Gasteiger partial charge in [-0.1, -0.05) is 159 Å². The molecule has 1 amide bonds. The van der Waals surface area contributed by atoms with Crippen molar-refractivity contribution < 1.29 is 64.6 Å². The smallest absolute Gasteiger partial charge is 0.220 e. The van der Waals surface area contributed by atoms with E-state index in [1.165, 1.54) is 83.5 Å². The van der Waals surface area contributed by atoms with Crippen LogP contribution in [0.1, 0.15) is 174 Å². The van der Waals surface area contributed by atoms with Gasteiger partial charge in [-0.15, -0.1) is 0 Å². The van der Waals surface area contributed by atoms with Crippen molar-refractivity contribution in [1.29, 1.82) is 0 Å². The molecule has 14 heteroatoms. The van der Waals surface area contributed by atoms with Crippen LogP contribution in [0.4, 0.5) is 0 Å². The zero-order valence-corrected chi connectivity index (χ0v) is 40.0. The first-order chi connectivity index (χ1) is 31.6. The molecular formula is C51H91NO13. The van der Waals surface area contributed by atoms with E-state index >= 15 is 0 Å². The molecule has 0 spiro atoms. The molecule has 0 aliphatic carbocycles. The number of unbranched alkanes of at least 4 members (excludes halogenated alkanes) is 19. The number of rotatable bonds is 38. The maximum Gasteiger partial charge on any atom is 0.220 e. The third-order valence-electron chi connectivity index (χ3n) is 12.2. The lowest BCUT2D eigenvalue weighted by molar-refractivity contribution is -0.359. The normalized spacial score (nSPS) is 27.4. The van der Waals surface area contributed by atoms with Crippen LogP contribution >= 0.6 is 0 Å². The van der Waals surface area contributed by atoms with Gasteiger partial charge in [-0.05, 0) is 57.8 Å². The molecule has 2 rings (SSSR count). The fourth-order valence-electron chi connectivity index (χ4n) is 8.03. The number of hydrogen-bond acceptors (Lipinski definition) is 13. The minimum absolute atomic E-state index is 0.256. The van der Waals surface area contributed by atoms with Crippen molar-refractivity contribution >= 4 is 5.91 Å². The lowest BCUT2D eigenvalue weighted by Crippen LogP contribution is -2.65. The predicted octanol–water partition coefficient (Wildman–Crippen LogP) is 6.49. The van der Waals surface area contributed by atoms with E-state index in [1.807, 2.05) is 6.08 Å². The van der Waals surface area contributed by atoms with E-state index in [2.05, 4.69) is 55.6 Å². The van der Waals surface area contributed by atoms with Gasteiger partial charge in [0.25, 0.3) is 0 Å². The Bertz CT molecular complexity index is 1280. The van der Waals surface area contributed by atoms with Crippen LogP contribution in [-0.4, -0.2) is 140 Å². The van der Waals surface area contributed by atoms with Crippen molar-refractivity contribution in [1.82, 2.24) is 5.32 Å². The van der Waals surface area contributed by atoms with Crippen LogP contribution in [0.15, 0.2) is 48.6 Å². The number of aliphatic hydroxyl groups excluding tert-OH is 8. The van der Waals surface area contributed by atoms with Gasteiger partial charge in [-0.2, -0.15) is 0 Å². The summed E-state index contributed by atoms with van der Waals surface area (Å²) < 4.78 is 22.7. The van der Waals surface area contributed by atoms with E-state index in [4.69, 9.17) is 18.9 Å². The van der Waals surface area contributed by atoms with Crippen LogP contribution in [-0.2, 0) is 23.7 Å². The van der Waals surface area contributed by atoms with Crippen LogP contribution in [0.5, 0.6) is 0 Å². The Labute approximate surface area is 391 Å². The molecule has 0 saturated carbocycles. The van der Waals surface area contributed by atoms with Crippen LogP contribution in [0.3, 0.4) is 0 Å². The van der Waals surface area contributed by atoms with Crippen LogP contribution in [0.2, 0.25) is 0 Å². The number of ether oxygens (including phenoxy) is 4. The van der Waals surface area contributed by atoms with Crippen molar-refractivity contribution in [3.63, 3.8) is 0 Å². The average Bonchev–Trinajstić information content (AvgIpc) is 3.30. The van der Waals surface area contributed by atoms with E-state index in [0.29, 0.717) is 12.8 Å². The molecule has 14 nitrogen and oxygen atoms in total. The Morgan fingerprint density at radius 1 is 0.554 bits per heavy atom. The Hall–Kier alpha value is -2.05. The summed E-state index contributed by atoms with van der Waals surface area (Å²) in [7, 11) is 0. The molecule has 12 atom stereocenters. The first-order valence-corrected chi connectivity index (χ1v) is 25.4. The third-order valence-corrected chi connectivity index (χ3v) is 12.2. The zero-order chi connectivity index (χ0) is 47.5. The van der Waals surface area contributed by atoms with Gasteiger partial charge in [0.2, 0.25) is 5.91 Å². The average molecular weight is 926 g/mol. The van der Waals surface area contributed by atoms with E-state index < -0.39 is 86.8 Å². The summed E-state index contributed by atoms with van der Waals surface area (Å²) in [5, 5.41) is 86.7. The summed E-state index contributed by atoms with van der Waals surface area (Å²) >= 11 is 0. The summed E-state index contributed by atoms with van der Waals surface area (Å²) in [5.41, 5.74) is 0. The van der Waals surface area contributed by atoms with Gasteiger partial charge in [-0.3, -0.25) is 4.79 Å². The molecule has 0 aromatic carbocycles. The molecule has 0 aromatic rings. The van der Waals surface area contributed by atoms with Crippen molar-refractivity contribution in [3.8, 4) is 0 Å². The lowest BCUT2D eigenvalue weighted by atomic mass is 9.97. The second-order valence-electron chi connectivity index (χ2n) is 17.9. The molecule has 2 fully saturated rings. The largest absolute Gasteiger partial charge is 0.394 e. The van der Waals surface area contributed by atoms with Gasteiger partial charge in [0.05, 0.1) is 32.0 Å². The number of hydrogen-bond donors (Lipinski definition) is 9. The molecule has 0 aromatic heterocycles. The molecule has 12 unspecified atom stereocenters. The van der Waals surface area contributed by atoms with Crippen molar-refractivity contribution in [3.05, 3.63) is 48.6 Å². The summed E-state index contributed by atoms with van der Waals surface area (Å²) in [6, 6.07) is -0.938. The lowest BCUT2D eigenvalue weighted by Gasteiger charge is -2.46. The second kappa shape index (κ2) is 37.9. The maximum atomic E-state index is 13.1. The number of allylic oxidation sites excluding steroid dienone is 7. The molecule has 2 aliphatic heterocycles. The highest BCUT2D eigenvalue weighted by Gasteiger charge is 2.51. The zero-order valence-electron chi connectivity index (χ0n) is 40.0. The number of amides is 1. The van der Waals surface area contributed by atoms with Gasteiger partial charge in [0.15, 0.2) is 12.6 Å². The van der Waals surface area contributed by atoms with Crippen molar-refractivity contribution in [2.24, 2.45) is 0 Å². The Kier molecular flexibility index (Phi) is 34.4. The molecule has 9 N–H and O–H groups in total. The summed E-state index contributed by atoms with van der Waals surface area (Å²) in [5.74, 6) is -0.266. The highest BCUT2D eigenvalue weighted by Crippen LogP contribution is 2.30. The van der Waals surface area contributed by atoms with Gasteiger partial charge in [0, 0.05) is 6.42 Å². The molecule has 378 valence electrons.